The molecule has 5 heteroatoms. The topological polar surface area (TPSA) is 50.2 Å². The molecule has 0 aliphatic heterocycles. The number of aromatic nitrogens is 1. The molecular formula is C34H34IrNO2S-. The molecule has 5 aromatic rings. The van der Waals surface area contributed by atoms with Crippen LogP contribution in [0.4, 0.5) is 0 Å². The molecule has 3 nitrogen and oxygen atoms in total. The molecule has 0 saturated carbocycles. The minimum absolute atomic E-state index is 0. The Bertz CT molecular complexity index is 1710. The summed E-state index contributed by atoms with van der Waals surface area (Å²) >= 11 is 1.92. The number of allylic oxidation sites excluding steroid dienone is 2. The fraction of sp³-hybridized carbons (Fsp3) is 0.294. The quantitative estimate of drug-likeness (QED) is 0.113. The number of nitrogens with zero attached hydrogens (tertiary/aromatic N) is 1. The van der Waals surface area contributed by atoms with Crippen molar-refractivity contribution in [3.05, 3.63) is 89.8 Å². The minimum atomic E-state index is -0.125. The average Bonchev–Trinajstić information content (AvgIpc) is 3.21. The van der Waals surface area contributed by atoms with Gasteiger partial charge in [0.2, 0.25) is 0 Å². The average molecular weight is 713 g/mol. The normalized spacial score (nSPS) is 15.8. The fourth-order valence-corrected chi connectivity index (χ4v) is 6.71. The number of hydrogen-bond acceptors (Lipinski definition) is 4. The molecule has 1 aliphatic carbocycles. The van der Waals surface area contributed by atoms with Crippen molar-refractivity contribution in [3.63, 3.8) is 0 Å². The zero-order chi connectivity index (χ0) is 27.2. The first kappa shape index (κ1) is 29.1. The Kier molecular flexibility index (Phi) is 8.19. The Morgan fingerprint density at radius 2 is 1.56 bits per heavy atom. The van der Waals surface area contributed by atoms with Crippen LogP contribution in [0.1, 0.15) is 65.5 Å². The molecule has 1 N–H and O–H groups in total. The van der Waals surface area contributed by atoms with E-state index in [0.717, 1.165) is 11.3 Å². The van der Waals surface area contributed by atoms with Crippen LogP contribution in [-0.4, -0.2) is 15.9 Å². The van der Waals surface area contributed by atoms with E-state index in [1.165, 1.54) is 74.8 Å². The van der Waals surface area contributed by atoms with Gasteiger partial charge in [0.1, 0.15) is 0 Å². The smallest absolute Gasteiger partial charge is 0.155 e. The molecule has 0 atom stereocenters. The van der Waals surface area contributed by atoms with Crippen molar-refractivity contribution >= 4 is 48.1 Å². The summed E-state index contributed by atoms with van der Waals surface area (Å²) in [4.78, 5) is 14.8. The maximum absolute atomic E-state index is 10.0. The molecule has 6 rings (SSSR count). The predicted molar refractivity (Wildman–Crippen MR) is 161 cm³/mol. The molecule has 0 amide bonds. The Balaban J connectivity index is 0.000000394. The molecule has 0 bridgehead atoms. The van der Waals surface area contributed by atoms with Crippen molar-refractivity contribution < 1.29 is 30.0 Å². The molecular weight excluding hydrogens is 679 g/mol. The van der Waals surface area contributed by atoms with E-state index in [4.69, 9.17) is 10.1 Å². The van der Waals surface area contributed by atoms with Crippen LogP contribution in [0.5, 0.6) is 0 Å². The number of carbonyl (C=O) groups excluding carboxylic acids is 1. The third kappa shape index (κ3) is 5.72. The minimum Gasteiger partial charge on any atom is -0.512 e. The molecule has 2 heterocycles. The Morgan fingerprint density at radius 3 is 2.15 bits per heavy atom. The van der Waals surface area contributed by atoms with Gasteiger partial charge in [0.25, 0.3) is 0 Å². The van der Waals surface area contributed by atoms with Gasteiger partial charge in [-0.2, -0.15) is 0 Å². The van der Waals surface area contributed by atoms with Crippen LogP contribution < -0.4 is 0 Å². The molecule has 0 spiro atoms. The molecule has 1 aliphatic rings. The molecule has 3 aromatic carbocycles. The van der Waals surface area contributed by atoms with Crippen molar-refractivity contribution in [1.82, 2.24) is 4.98 Å². The van der Waals surface area contributed by atoms with Gasteiger partial charge in [0.15, 0.2) is 5.78 Å². The van der Waals surface area contributed by atoms with Crippen molar-refractivity contribution in [2.45, 2.75) is 65.2 Å². The number of pyridine rings is 1. The largest absolute Gasteiger partial charge is 0.512 e. The van der Waals surface area contributed by atoms with Gasteiger partial charge in [-0.3, -0.25) is 4.79 Å². The summed E-state index contributed by atoms with van der Waals surface area (Å²) in [6.45, 7) is 12.5. The predicted octanol–water partition coefficient (Wildman–Crippen LogP) is 9.45. The third-order valence-corrected chi connectivity index (χ3v) is 8.82. The first-order chi connectivity index (χ1) is 18.0. The fourth-order valence-electron chi connectivity index (χ4n) is 5.55. The van der Waals surface area contributed by atoms with E-state index in [-0.39, 0.29) is 42.5 Å². The molecule has 0 saturated heterocycles. The molecule has 0 unspecified atom stereocenters. The van der Waals surface area contributed by atoms with Crippen molar-refractivity contribution in [3.8, 4) is 11.3 Å². The van der Waals surface area contributed by atoms with Gasteiger partial charge in [-0.1, -0.05) is 33.8 Å². The molecule has 2 aromatic heterocycles. The van der Waals surface area contributed by atoms with Crippen LogP contribution in [0, 0.1) is 6.07 Å². The maximum Gasteiger partial charge on any atom is 0.155 e. The number of aliphatic hydroxyl groups is 1. The summed E-state index contributed by atoms with van der Waals surface area (Å²) in [5.41, 5.74) is 5.58. The second kappa shape index (κ2) is 11.0. The number of benzene rings is 3. The molecule has 39 heavy (non-hydrogen) atoms. The maximum atomic E-state index is 10.0. The van der Waals surface area contributed by atoms with Gasteiger partial charge in [0, 0.05) is 52.6 Å². The molecule has 1 radical (unpaired) electrons. The SMILES string of the molecule is CC(=O)/C=C(/C)O.CC1(C)CCC(C)(C)c2cc3c(cc21)sc1cc2ccnc(-c4[c-]cccc4)c2cc13.[Ir]. The summed E-state index contributed by atoms with van der Waals surface area (Å²) in [6.07, 6.45) is 5.57. The third-order valence-electron chi connectivity index (χ3n) is 7.70. The zero-order valence-electron chi connectivity index (χ0n) is 23.3. The Labute approximate surface area is 248 Å². The van der Waals surface area contributed by atoms with Crippen LogP contribution in [-0.2, 0) is 35.7 Å². The van der Waals surface area contributed by atoms with E-state index in [2.05, 4.69) is 76.2 Å². The van der Waals surface area contributed by atoms with Crippen LogP contribution in [0.2, 0.25) is 0 Å². The van der Waals surface area contributed by atoms with E-state index in [0.29, 0.717) is 0 Å². The van der Waals surface area contributed by atoms with Gasteiger partial charge in [0.05, 0.1) is 5.76 Å². The van der Waals surface area contributed by atoms with Gasteiger partial charge in [-0.15, -0.1) is 47.2 Å². The van der Waals surface area contributed by atoms with Gasteiger partial charge >= 0.3 is 0 Å². The van der Waals surface area contributed by atoms with E-state index in [1.807, 2.05) is 29.7 Å². The van der Waals surface area contributed by atoms with Gasteiger partial charge in [-0.25, -0.2) is 0 Å². The summed E-state index contributed by atoms with van der Waals surface area (Å²) < 4.78 is 2.75. The first-order valence-corrected chi connectivity index (χ1v) is 13.9. The van der Waals surface area contributed by atoms with E-state index in [1.54, 1.807) is 0 Å². The van der Waals surface area contributed by atoms with Gasteiger partial charge in [-0.05, 0) is 89.4 Å². The number of thiophene rings is 1. The van der Waals surface area contributed by atoms with E-state index >= 15 is 0 Å². The van der Waals surface area contributed by atoms with Crippen LogP contribution in [0.15, 0.2) is 72.6 Å². The van der Waals surface area contributed by atoms with Crippen LogP contribution in [0.25, 0.3) is 42.2 Å². The summed E-state index contributed by atoms with van der Waals surface area (Å²) in [5.74, 6) is -0.0625. The second-order valence-electron chi connectivity index (χ2n) is 11.7. The standard InChI is InChI=1S/C29H26NS.C5H8O2.Ir/c1-28(2)11-12-29(3,4)24-17-26-22(16-23(24)28)21-15-20-19(14-25(21)31-26)10-13-30-27(20)18-8-6-5-7-9-18;1-4(6)3-5(2)7;/h5-8,10,13-17H,11-12H2,1-4H3;3,6H,1-2H3;/q-1;;/b;4-3-;. The summed E-state index contributed by atoms with van der Waals surface area (Å²) in [5, 5.41) is 13.5. The Hall–Kier alpha value is -2.85. The number of aliphatic hydroxyl groups excluding tert-OH is 1. The van der Waals surface area contributed by atoms with Crippen LogP contribution >= 0.6 is 11.3 Å². The number of fused-ring (bicyclic) bond motifs is 5. The number of rotatable bonds is 2. The number of ketones is 1. The van der Waals surface area contributed by atoms with E-state index in [9.17, 15) is 4.79 Å². The second-order valence-corrected chi connectivity index (χ2v) is 12.7. The molecule has 203 valence electrons. The van der Waals surface area contributed by atoms with Crippen molar-refractivity contribution in [1.29, 1.82) is 0 Å². The van der Waals surface area contributed by atoms with Gasteiger partial charge < -0.3 is 10.1 Å². The Morgan fingerprint density at radius 1 is 0.923 bits per heavy atom. The summed E-state index contributed by atoms with van der Waals surface area (Å²) in [6, 6.07) is 23.3. The number of hydrogen-bond donors (Lipinski definition) is 1. The summed E-state index contributed by atoms with van der Waals surface area (Å²) in [7, 11) is 0. The zero-order valence-corrected chi connectivity index (χ0v) is 26.5. The van der Waals surface area contributed by atoms with Crippen molar-refractivity contribution in [2.75, 3.05) is 0 Å². The van der Waals surface area contributed by atoms with Crippen molar-refractivity contribution in [2.24, 2.45) is 0 Å². The monoisotopic (exact) mass is 713 g/mol. The van der Waals surface area contributed by atoms with E-state index < -0.39 is 0 Å². The number of carbonyl (C=O) groups is 1. The molecule has 0 fully saturated rings. The van der Waals surface area contributed by atoms with Crippen LogP contribution in [0.3, 0.4) is 0 Å². The first-order valence-electron chi connectivity index (χ1n) is 13.1.